The fraction of sp³-hybridized carbons (Fsp3) is 0.278. The van der Waals surface area contributed by atoms with E-state index in [0.717, 1.165) is 17.7 Å². The van der Waals surface area contributed by atoms with Crippen LogP contribution in [0.15, 0.2) is 36.4 Å². The van der Waals surface area contributed by atoms with Crippen LogP contribution < -0.4 is 10.1 Å². The van der Waals surface area contributed by atoms with E-state index >= 15 is 0 Å². The summed E-state index contributed by atoms with van der Waals surface area (Å²) in [5.74, 6) is -1.97. The molecule has 0 radical (unpaired) electrons. The van der Waals surface area contributed by atoms with Gasteiger partial charge in [-0.1, -0.05) is 29.8 Å². The van der Waals surface area contributed by atoms with E-state index in [1.807, 2.05) is 24.3 Å². The third kappa shape index (κ3) is 3.45. The van der Waals surface area contributed by atoms with Crippen LogP contribution in [0.2, 0.25) is 5.02 Å². The molecule has 1 aliphatic rings. The Labute approximate surface area is 149 Å². The van der Waals surface area contributed by atoms with Gasteiger partial charge in [-0.15, -0.1) is 0 Å². The predicted octanol–water partition coefficient (Wildman–Crippen LogP) is 3.41. The predicted molar refractivity (Wildman–Crippen MR) is 91.0 cm³/mol. The zero-order valence-corrected chi connectivity index (χ0v) is 14.3. The number of rotatable bonds is 3. The Morgan fingerprint density at radius 1 is 1.28 bits per heavy atom. The van der Waals surface area contributed by atoms with Gasteiger partial charge in [0.05, 0.1) is 23.7 Å². The molecule has 2 aromatic rings. The summed E-state index contributed by atoms with van der Waals surface area (Å²) < 4.78 is 32.3. The van der Waals surface area contributed by atoms with E-state index < -0.39 is 17.5 Å². The lowest BCUT2D eigenvalue weighted by molar-refractivity contribution is 0.0631. The van der Waals surface area contributed by atoms with E-state index in [1.54, 1.807) is 12.0 Å². The van der Waals surface area contributed by atoms with Gasteiger partial charge in [0.25, 0.3) is 5.91 Å². The van der Waals surface area contributed by atoms with Crippen molar-refractivity contribution in [3.63, 3.8) is 0 Å². The van der Waals surface area contributed by atoms with Gasteiger partial charge in [0.2, 0.25) is 0 Å². The Hall–Kier alpha value is -2.18. The number of amides is 1. The molecule has 1 amide bonds. The lowest BCUT2D eigenvalue weighted by Crippen LogP contribution is -2.48. The summed E-state index contributed by atoms with van der Waals surface area (Å²) in [4.78, 5) is 14.6. The Morgan fingerprint density at radius 2 is 2.00 bits per heavy atom. The molecule has 3 rings (SSSR count). The van der Waals surface area contributed by atoms with Crippen molar-refractivity contribution in [1.82, 2.24) is 10.2 Å². The standard InChI is InChI=1S/C18H17ClF2N2O2/c1-25-17-5-3-2-4-11(17)16-10-22-6-7-23(16)18(24)12-8-14(20)15(21)9-13(12)19/h2-5,8-9,16,22H,6-7,10H2,1H3. The van der Waals surface area contributed by atoms with Gasteiger partial charge in [0.1, 0.15) is 5.75 Å². The number of nitrogens with one attached hydrogen (secondary N) is 1. The number of methoxy groups -OCH3 is 1. The van der Waals surface area contributed by atoms with Crippen LogP contribution in [-0.2, 0) is 0 Å². The van der Waals surface area contributed by atoms with Crippen molar-refractivity contribution in [3.05, 3.63) is 64.2 Å². The first-order valence-corrected chi connectivity index (χ1v) is 8.20. The van der Waals surface area contributed by atoms with Crippen LogP contribution in [0.5, 0.6) is 5.75 Å². The summed E-state index contributed by atoms with van der Waals surface area (Å²) in [6.07, 6.45) is 0. The monoisotopic (exact) mass is 366 g/mol. The minimum absolute atomic E-state index is 0.0534. The van der Waals surface area contributed by atoms with Gasteiger partial charge < -0.3 is 15.0 Å². The molecular weight excluding hydrogens is 350 g/mol. The number of hydrogen-bond acceptors (Lipinski definition) is 3. The first-order valence-electron chi connectivity index (χ1n) is 7.82. The van der Waals surface area contributed by atoms with E-state index in [1.165, 1.54) is 0 Å². The Bertz CT molecular complexity index is 801. The van der Waals surface area contributed by atoms with Crippen molar-refractivity contribution in [3.8, 4) is 5.75 Å². The van der Waals surface area contributed by atoms with E-state index in [0.29, 0.717) is 25.4 Å². The molecule has 132 valence electrons. The number of para-hydroxylation sites is 1. The maximum absolute atomic E-state index is 13.6. The van der Waals surface area contributed by atoms with Crippen LogP contribution in [0.1, 0.15) is 22.0 Å². The third-order valence-corrected chi connectivity index (χ3v) is 4.56. The quantitative estimate of drug-likeness (QED) is 0.846. The van der Waals surface area contributed by atoms with Gasteiger partial charge in [-0.2, -0.15) is 0 Å². The summed E-state index contributed by atoms with van der Waals surface area (Å²) in [5, 5.41) is 3.13. The maximum Gasteiger partial charge on any atom is 0.256 e. The van der Waals surface area contributed by atoms with Gasteiger partial charge in [0.15, 0.2) is 11.6 Å². The van der Waals surface area contributed by atoms with E-state index in [9.17, 15) is 13.6 Å². The molecule has 4 nitrogen and oxygen atoms in total. The first kappa shape index (κ1) is 17.6. The minimum Gasteiger partial charge on any atom is -0.496 e. The molecule has 7 heteroatoms. The number of piperazine rings is 1. The molecule has 1 aliphatic heterocycles. The van der Waals surface area contributed by atoms with Gasteiger partial charge in [-0.3, -0.25) is 4.79 Å². The summed E-state index contributed by atoms with van der Waals surface area (Å²) in [5.41, 5.74) is 0.784. The topological polar surface area (TPSA) is 41.6 Å². The summed E-state index contributed by atoms with van der Waals surface area (Å²) in [7, 11) is 1.56. The maximum atomic E-state index is 13.6. The van der Waals surface area contributed by atoms with E-state index in [4.69, 9.17) is 16.3 Å². The average Bonchev–Trinajstić information content (AvgIpc) is 2.64. The van der Waals surface area contributed by atoms with Crippen LogP contribution >= 0.6 is 11.6 Å². The lowest BCUT2D eigenvalue weighted by atomic mass is 10.0. The highest BCUT2D eigenvalue weighted by molar-refractivity contribution is 6.33. The highest BCUT2D eigenvalue weighted by Crippen LogP contribution is 2.32. The second kappa shape index (κ2) is 7.37. The van der Waals surface area contributed by atoms with Crippen LogP contribution in [0.4, 0.5) is 8.78 Å². The number of benzene rings is 2. The largest absolute Gasteiger partial charge is 0.496 e. The summed E-state index contributed by atoms with van der Waals surface area (Å²) >= 11 is 5.97. The number of ether oxygens (including phenoxy) is 1. The zero-order valence-electron chi connectivity index (χ0n) is 13.6. The summed E-state index contributed by atoms with van der Waals surface area (Å²) in [6, 6.07) is 8.77. The Kier molecular flexibility index (Phi) is 5.20. The average molecular weight is 367 g/mol. The highest BCUT2D eigenvalue weighted by atomic mass is 35.5. The molecule has 2 aromatic carbocycles. The molecule has 0 spiro atoms. The van der Waals surface area contributed by atoms with Crippen molar-refractivity contribution in [2.24, 2.45) is 0 Å². The molecule has 1 saturated heterocycles. The zero-order chi connectivity index (χ0) is 18.0. The molecule has 25 heavy (non-hydrogen) atoms. The normalized spacial score (nSPS) is 17.4. The van der Waals surface area contributed by atoms with E-state index in [2.05, 4.69) is 5.32 Å². The molecular formula is C18H17ClF2N2O2. The molecule has 1 heterocycles. The molecule has 1 unspecified atom stereocenters. The second-order valence-corrected chi connectivity index (χ2v) is 6.11. The van der Waals surface area contributed by atoms with Crippen LogP contribution in [0.3, 0.4) is 0 Å². The molecule has 0 saturated carbocycles. The van der Waals surface area contributed by atoms with E-state index in [-0.39, 0.29) is 16.6 Å². The molecule has 1 N–H and O–H groups in total. The smallest absolute Gasteiger partial charge is 0.256 e. The molecule has 1 fully saturated rings. The molecule has 0 bridgehead atoms. The van der Waals surface area contributed by atoms with Gasteiger partial charge >= 0.3 is 0 Å². The van der Waals surface area contributed by atoms with Crippen molar-refractivity contribution in [2.75, 3.05) is 26.7 Å². The van der Waals surface area contributed by atoms with Crippen LogP contribution in [0.25, 0.3) is 0 Å². The summed E-state index contributed by atoms with van der Waals surface area (Å²) in [6.45, 7) is 1.53. The number of carbonyl (C=O) groups is 1. The van der Waals surface area contributed by atoms with Gasteiger partial charge in [-0.25, -0.2) is 8.78 Å². The van der Waals surface area contributed by atoms with Crippen LogP contribution in [-0.4, -0.2) is 37.6 Å². The third-order valence-electron chi connectivity index (χ3n) is 4.24. The van der Waals surface area contributed by atoms with Gasteiger partial charge in [-0.05, 0) is 18.2 Å². The highest BCUT2D eigenvalue weighted by Gasteiger charge is 2.31. The van der Waals surface area contributed by atoms with Crippen molar-refractivity contribution in [2.45, 2.75) is 6.04 Å². The number of halogens is 3. The van der Waals surface area contributed by atoms with Gasteiger partial charge in [0, 0.05) is 25.2 Å². The van der Waals surface area contributed by atoms with Crippen molar-refractivity contribution < 1.29 is 18.3 Å². The van der Waals surface area contributed by atoms with Crippen LogP contribution in [0, 0.1) is 11.6 Å². The number of hydrogen-bond donors (Lipinski definition) is 1. The molecule has 0 aromatic heterocycles. The second-order valence-electron chi connectivity index (χ2n) is 5.71. The minimum atomic E-state index is -1.10. The fourth-order valence-corrected chi connectivity index (χ4v) is 3.24. The molecule has 0 aliphatic carbocycles. The lowest BCUT2D eigenvalue weighted by Gasteiger charge is -2.37. The Morgan fingerprint density at radius 3 is 2.76 bits per heavy atom. The molecule has 1 atom stereocenters. The SMILES string of the molecule is COc1ccccc1C1CNCCN1C(=O)c1cc(F)c(F)cc1Cl. The fourth-order valence-electron chi connectivity index (χ4n) is 3.01. The van der Waals surface area contributed by atoms with Crippen molar-refractivity contribution >= 4 is 17.5 Å². The number of nitrogens with zero attached hydrogens (tertiary/aromatic N) is 1. The Balaban J connectivity index is 1.99. The van der Waals surface area contributed by atoms with Crippen molar-refractivity contribution in [1.29, 1.82) is 0 Å². The first-order chi connectivity index (χ1) is 12.0. The number of carbonyl (C=O) groups excluding carboxylic acids is 1.